The minimum atomic E-state index is -1.18. The molecule has 9 nitrogen and oxygen atoms in total. The number of aromatic nitrogens is 1. The van der Waals surface area contributed by atoms with Crippen LogP contribution in [0.4, 0.5) is 10.5 Å². The first kappa shape index (κ1) is 23.8. The van der Waals surface area contributed by atoms with Crippen molar-refractivity contribution in [3.8, 4) is 0 Å². The highest BCUT2D eigenvalue weighted by Gasteiger charge is 2.24. The van der Waals surface area contributed by atoms with Crippen molar-refractivity contribution in [1.82, 2.24) is 9.88 Å². The Labute approximate surface area is 210 Å². The van der Waals surface area contributed by atoms with E-state index in [-0.39, 0.29) is 22.9 Å². The molecule has 1 saturated carbocycles. The predicted octanol–water partition coefficient (Wildman–Crippen LogP) is 4.69. The van der Waals surface area contributed by atoms with E-state index in [1.807, 2.05) is 22.8 Å². The molecule has 4 aromatic rings. The van der Waals surface area contributed by atoms with E-state index >= 15 is 0 Å². The number of carbonyl (C=O) groups is 3. The molecule has 2 amide bonds. The van der Waals surface area contributed by atoms with Crippen LogP contribution in [0.1, 0.15) is 51.4 Å². The van der Waals surface area contributed by atoms with Crippen LogP contribution in [-0.4, -0.2) is 44.8 Å². The molecule has 0 aliphatic heterocycles. The highest BCUT2D eigenvalue weighted by Crippen LogP contribution is 2.31. The van der Waals surface area contributed by atoms with Gasteiger partial charge in [0.05, 0.1) is 5.52 Å². The smallest absolute Gasteiger partial charge is 0.409 e. The zero-order valence-electron chi connectivity index (χ0n) is 19.4. The third-order valence-electron chi connectivity index (χ3n) is 6.69. The third kappa shape index (κ3) is 4.77. The van der Waals surface area contributed by atoms with Crippen molar-refractivity contribution in [3.63, 3.8) is 0 Å². The zero-order chi connectivity index (χ0) is 25.4. The number of nitrogens with one attached hydrogen (secondary N) is 2. The summed E-state index contributed by atoms with van der Waals surface area (Å²) in [5.41, 5.74) is 8.42. The molecule has 10 heteroatoms. The van der Waals surface area contributed by atoms with Gasteiger partial charge < -0.3 is 25.8 Å². The van der Waals surface area contributed by atoms with Crippen LogP contribution in [0.3, 0.4) is 0 Å². The van der Waals surface area contributed by atoms with Crippen molar-refractivity contribution in [2.24, 2.45) is 5.73 Å². The lowest BCUT2D eigenvalue weighted by Crippen LogP contribution is -2.41. The van der Waals surface area contributed by atoms with Crippen molar-refractivity contribution in [1.29, 1.82) is 0 Å². The van der Waals surface area contributed by atoms with Crippen LogP contribution in [0.2, 0.25) is 0 Å². The van der Waals surface area contributed by atoms with E-state index in [1.54, 1.807) is 30.3 Å². The zero-order valence-corrected chi connectivity index (χ0v) is 20.2. The van der Waals surface area contributed by atoms with Gasteiger partial charge in [-0.15, -0.1) is 11.3 Å². The molecule has 2 heterocycles. The van der Waals surface area contributed by atoms with Gasteiger partial charge in [0.15, 0.2) is 0 Å². The number of benzene rings is 2. The number of nitrogens with zero attached hydrogens (tertiary/aromatic N) is 1. The van der Waals surface area contributed by atoms with E-state index in [9.17, 15) is 19.5 Å². The fourth-order valence-electron chi connectivity index (χ4n) is 4.87. The SMILES string of the molecule is NC1CCC(NC(=O)c2cc3ccc(NC(=O)O)cc3n2Cc2cccc3sc(C(=O)O)cc23)CC1. The summed E-state index contributed by atoms with van der Waals surface area (Å²) >= 11 is 1.21. The number of carboxylic acid groups (broad SMARTS) is 2. The minimum Gasteiger partial charge on any atom is -0.477 e. The summed E-state index contributed by atoms with van der Waals surface area (Å²) in [5, 5.41) is 25.7. The maximum Gasteiger partial charge on any atom is 0.409 e. The molecule has 186 valence electrons. The molecule has 1 aliphatic carbocycles. The first-order valence-corrected chi connectivity index (χ1v) is 12.5. The van der Waals surface area contributed by atoms with E-state index in [2.05, 4.69) is 10.6 Å². The number of hydrogen-bond donors (Lipinski definition) is 5. The minimum absolute atomic E-state index is 0.0476. The summed E-state index contributed by atoms with van der Waals surface area (Å²) in [5.74, 6) is -1.19. The van der Waals surface area contributed by atoms with Gasteiger partial charge >= 0.3 is 12.1 Å². The van der Waals surface area contributed by atoms with Crippen LogP contribution >= 0.6 is 11.3 Å². The fourth-order valence-corrected chi connectivity index (χ4v) is 5.82. The molecule has 36 heavy (non-hydrogen) atoms. The Hall–Kier alpha value is -3.89. The van der Waals surface area contributed by atoms with E-state index in [4.69, 9.17) is 10.8 Å². The van der Waals surface area contributed by atoms with Gasteiger partial charge in [0.2, 0.25) is 0 Å². The second-order valence-electron chi connectivity index (χ2n) is 9.15. The Bertz CT molecular complexity index is 1480. The normalized spacial score (nSPS) is 17.8. The molecule has 0 unspecified atom stereocenters. The van der Waals surface area contributed by atoms with Gasteiger partial charge in [0.25, 0.3) is 5.91 Å². The Morgan fingerprint density at radius 3 is 2.53 bits per heavy atom. The Balaban J connectivity index is 1.57. The molecule has 2 aromatic heterocycles. The van der Waals surface area contributed by atoms with Gasteiger partial charge in [0.1, 0.15) is 10.6 Å². The van der Waals surface area contributed by atoms with Crippen LogP contribution in [-0.2, 0) is 6.54 Å². The summed E-state index contributed by atoms with van der Waals surface area (Å²) in [6.45, 7) is 0.311. The maximum absolute atomic E-state index is 13.4. The van der Waals surface area contributed by atoms with E-state index in [0.29, 0.717) is 23.4 Å². The number of amides is 2. The van der Waals surface area contributed by atoms with E-state index < -0.39 is 12.1 Å². The molecular weight excluding hydrogens is 480 g/mol. The lowest BCUT2D eigenvalue weighted by molar-refractivity contribution is 0.0701. The van der Waals surface area contributed by atoms with Gasteiger partial charge in [-0.25, -0.2) is 9.59 Å². The number of carboxylic acids is 1. The summed E-state index contributed by atoms with van der Waals surface area (Å²) in [7, 11) is 0. The molecule has 1 fully saturated rings. The van der Waals surface area contributed by atoms with Crippen LogP contribution in [0.25, 0.3) is 21.0 Å². The Morgan fingerprint density at radius 2 is 1.81 bits per heavy atom. The predicted molar refractivity (Wildman–Crippen MR) is 139 cm³/mol. The van der Waals surface area contributed by atoms with Gasteiger partial charge in [0, 0.05) is 34.4 Å². The van der Waals surface area contributed by atoms with Crippen LogP contribution in [0.5, 0.6) is 0 Å². The topological polar surface area (TPSA) is 147 Å². The monoisotopic (exact) mass is 506 g/mol. The van der Waals surface area contributed by atoms with E-state index in [1.165, 1.54) is 11.3 Å². The van der Waals surface area contributed by atoms with Gasteiger partial charge in [-0.3, -0.25) is 10.1 Å². The maximum atomic E-state index is 13.4. The third-order valence-corrected chi connectivity index (χ3v) is 7.77. The van der Waals surface area contributed by atoms with Gasteiger partial charge in [-0.1, -0.05) is 18.2 Å². The standard InChI is InChI=1S/C26H26N4O5S/c27-16-5-8-17(9-6-16)28-24(31)21-10-14-4-7-18(29-26(34)35)11-20(14)30(21)13-15-2-1-3-22-19(15)12-23(36-22)25(32)33/h1-4,7,10-12,16-17,29H,5-6,8-9,13,27H2,(H,28,31)(H,32,33)(H,34,35). The van der Waals surface area contributed by atoms with Crippen LogP contribution < -0.4 is 16.4 Å². The second-order valence-corrected chi connectivity index (χ2v) is 10.2. The summed E-state index contributed by atoms with van der Waals surface area (Å²) in [6.07, 6.45) is 2.21. The Kier molecular flexibility index (Phi) is 6.38. The first-order valence-electron chi connectivity index (χ1n) is 11.7. The van der Waals surface area contributed by atoms with Crippen molar-refractivity contribution >= 4 is 56.0 Å². The average molecular weight is 507 g/mol. The number of anilines is 1. The molecule has 0 radical (unpaired) electrons. The summed E-state index contributed by atoms with van der Waals surface area (Å²) in [6, 6.07) is 14.5. The second kappa shape index (κ2) is 9.63. The number of carbonyl (C=O) groups excluding carboxylic acids is 1. The molecule has 0 atom stereocenters. The molecule has 0 bridgehead atoms. The number of hydrogen-bond acceptors (Lipinski definition) is 5. The summed E-state index contributed by atoms with van der Waals surface area (Å²) < 4.78 is 2.71. The van der Waals surface area contributed by atoms with Gasteiger partial charge in [-0.05, 0) is 67.0 Å². The van der Waals surface area contributed by atoms with Gasteiger partial charge in [-0.2, -0.15) is 0 Å². The van der Waals surface area contributed by atoms with Crippen molar-refractivity contribution in [2.75, 3.05) is 5.32 Å². The molecule has 0 saturated heterocycles. The first-order chi connectivity index (χ1) is 17.3. The number of thiophene rings is 1. The highest BCUT2D eigenvalue weighted by molar-refractivity contribution is 7.20. The molecule has 5 rings (SSSR count). The number of rotatable bonds is 6. The van der Waals surface area contributed by atoms with Crippen molar-refractivity contribution in [2.45, 2.75) is 44.3 Å². The quantitative estimate of drug-likeness (QED) is 0.256. The molecule has 6 N–H and O–H groups in total. The Morgan fingerprint density at radius 1 is 1.03 bits per heavy atom. The van der Waals surface area contributed by atoms with E-state index in [0.717, 1.165) is 46.7 Å². The molecule has 0 spiro atoms. The average Bonchev–Trinajstić information content (AvgIpc) is 3.43. The van der Waals surface area contributed by atoms with Crippen molar-refractivity contribution in [3.05, 3.63) is 64.7 Å². The molecule has 2 aromatic carbocycles. The van der Waals surface area contributed by atoms with Crippen molar-refractivity contribution < 1.29 is 24.6 Å². The number of nitrogens with two attached hydrogens (primary N) is 1. The van der Waals surface area contributed by atoms with Crippen LogP contribution in [0.15, 0.2) is 48.5 Å². The molecule has 1 aliphatic rings. The lowest BCUT2D eigenvalue weighted by Gasteiger charge is -2.27. The number of fused-ring (bicyclic) bond motifs is 2. The highest BCUT2D eigenvalue weighted by atomic mass is 32.1. The lowest BCUT2D eigenvalue weighted by atomic mass is 9.92. The largest absolute Gasteiger partial charge is 0.477 e. The number of aromatic carboxylic acids is 1. The fraction of sp³-hybridized carbons (Fsp3) is 0.269. The van der Waals surface area contributed by atoms with Crippen LogP contribution in [0, 0.1) is 0 Å². The molecular formula is C26H26N4O5S. The summed E-state index contributed by atoms with van der Waals surface area (Å²) in [4.78, 5) is 36.4.